The number of amides is 1. The van der Waals surface area contributed by atoms with Crippen LogP contribution in [0.5, 0.6) is 17.2 Å². The predicted molar refractivity (Wildman–Crippen MR) is 83.8 cm³/mol. The van der Waals surface area contributed by atoms with E-state index in [1.807, 2.05) is 4.90 Å². The average Bonchev–Trinajstić information content (AvgIpc) is 2.59. The molecule has 1 aromatic carbocycles. The van der Waals surface area contributed by atoms with Crippen molar-refractivity contribution in [2.24, 2.45) is 11.7 Å². The molecule has 122 valence electrons. The van der Waals surface area contributed by atoms with Crippen LogP contribution in [0, 0.1) is 5.92 Å². The number of carbonyl (C=O) groups is 1. The highest BCUT2D eigenvalue weighted by molar-refractivity contribution is 5.98. The lowest BCUT2D eigenvalue weighted by Crippen LogP contribution is -2.40. The first kappa shape index (κ1) is 16.4. The fraction of sp³-hybridized carbons (Fsp3) is 0.562. The molecule has 6 nitrogen and oxygen atoms in total. The van der Waals surface area contributed by atoms with Crippen LogP contribution in [0.15, 0.2) is 12.1 Å². The summed E-state index contributed by atoms with van der Waals surface area (Å²) in [4.78, 5) is 14.6. The summed E-state index contributed by atoms with van der Waals surface area (Å²) in [6, 6.07) is 3.35. The highest BCUT2D eigenvalue weighted by atomic mass is 16.5. The van der Waals surface area contributed by atoms with E-state index in [1.54, 1.807) is 33.5 Å². The minimum atomic E-state index is -0.0479. The summed E-state index contributed by atoms with van der Waals surface area (Å²) in [5.41, 5.74) is 6.19. The zero-order valence-electron chi connectivity index (χ0n) is 13.4. The third-order valence-electron chi connectivity index (χ3n) is 4.17. The molecule has 1 saturated heterocycles. The van der Waals surface area contributed by atoms with Crippen molar-refractivity contribution in [3.63, 3.8) is 0 Å². The van der Waals surface area contributed by atoms with Crippen molar-refractivity contribution in [3.05, 3.63) is 17.7 Å². The zero-order valence-corrected chi connectivity index (χ0v) is 13.4. The molecule has 0 aromatic heterocycles. The zero-order chi connectivity index (χ0) is 16.1. The van der Waals surface area contributed by atoms with E-state index >= 15 is 0 Å². The Labute approximate surface area is 131 Å². The van der Waals surface area contributed by atoms with Crippen LogP contribution in [0.1, 0.15) is 23.2 Å². The van der Waals surface area contributed by atoms with Crippen LogP contribution < -0.4 is 19.9 Å². The number of nitrogens with two attached hydrogens (primary N) is 1. The van der Waals surface area contributed by atoms with Gasteiger partial charge in [0.2, 0.25) is 0 Å². The molecule has 2 N–H and O–H groups in total. The summed E-state index contributed by atoms with van der Waals surface area (Å²) in [6.45, 7) is 2.12. The molecule has 0 radical (unpaired) electrons. The minimum Gasteiger partial charge on any atom is -0.496 e. The number of hydrogen-bond donors (Lipinski definition) is 1. The van der Waals surface area contributed by atoms with E-state index in [0.29, 0.717) is 35.3 Å². The van der Waals surface area contributed by atoms with Crippen LogP contribution in [-0.4, -0.2) is 51.8 Å². The average molecular weight is 308 g/mol. The first-order chi connectivity index (χ1) is 10.6. The quantitative estimate of drug-likeness (QED) is 0.893. The Morgan fingerprint density at radius 1 is 1.09 bits per heavy atom. The van der Waals surface area contributed by atoms with Gasteiger partial charge in [-0.05, 0) is 25.3 Å². The molecule has 1 aliphatic heterocycles. The van der Waals surface area contributed by atoms with E-state index in [1.165, 1.54) is 0 Å². The molecular weight excluding hydrogens is 284 g/mol. The highest BCUT2D eigenvalue weighted by Crippen LogP contribution is 2.35. The number of hydrogen-bond acceptors (Lipinski definition) is 5. The molecule has 0 unspecified atom stereocenters. The molecular formula is C16H24N2O4. The van der Waals surface area contributed by atoms with Crippen molar-refractivity contribution >= 4 is 5.91 Å². The van der Waals surface area contributed by atoms with Gasteiger partial charge in [-0.3, -0.25) is 4.79 Å². The fourth-order valence-corrected chi connectivity index (χ4v) is 2.74. The summed E-state index contributed by atoms with van der Waals surface area (Å²) in [5.74, 6) is 2.01. The first-order valence-electron chi connectivity index (χ1n) is 7.43. The molecule has 0 bridgehead atoms. The maximum atomic E-state index is 12.8. The van der Waals surface area contributed by atoms with Crippen LogP contribution in [0.3, 0.4) is 0 Å². The number of rotatable bonds is 5. The number of piperidine rings is 1. The SMILES string of the molecule is COc1cc(OC)c(C(=O)N2CCC(CN)CC2)cc1OC. The summed E-state index contributed by atoms with van der Waals surface area (Å²) >= 11 is 0. The smallest absolute Gasteiger partial charge is 0.257 e. The molecule has 6 heteroatoms. The van der Waals surface area contributed by atoms with Crippen LogP contribution in [0.25, 0.3) is 0 Å². The van der Waals surface area contributed by atoms with Gasteiger partial charge in [0.15, 0.2) is 11.5 Å². The number of likely N-dealkylation sites (tertiary alicyclic amines) is 1. The van der Waals surface area contributed by atoms with Crippen LogP contribution in [-0.2, 0) is 0 Å². The maximum Gasteiger partial charge on any atom is 0.257 e. The molecule has 2 rings (SSSR count). The first-order valence-corrected chi connectivity index (χ1v) is 7.43. The molecule has 1 aromatic rings. The number of carbonyl (C=O) groups excluding carboxylic acids is 1. The van der Waals surface area contributed by atoms with E-state index in [2.05, 4.69) is 0 Å². The third kappa shape index (κ3) is 3.27. The van der Waals surface area contributed by atoms with Gasteiger partial charge < -0.3 is 24.8 Å². The van der Waals surface area contributed by atoms with Crippen molar-refractivity contribution in [3.8, 4) is 17.2 Å². The minimum absolute atomic E-state index is 0.0479. The van der Waals surface area contributed by atoms with Gasteiger partial charge in [-0.1, -0.05) is 0 Å². The second-order valence-electron chi connectivity index (χ2n) is 5.38. The molecule has 0 saturated carbocycles. The largest absolute Gasteiger partial charge is 0.496 e. The molecule has 1 amide bonds. The number of nitrogens with zero attached hydrogens (tertiary/aromatic N) is 1. The standard InChI is InChI=1S/C16H24N2O4/c1-20-13-9-15(22-3)14(21-2)8-12(13)16(19)18-6-4-11(10-17)5-7-18/h8-9,11H,4-7,10,17H2,1-3H3. The lowest BCUT2D eigenvalue weighted by atomic mass is 9.96. The number of ether oxygens (including phenoxy) is 3. The third-order valence-corrected chi connectivity index (χ3v) is 4.17. The molecule has 0 spiro atoms. The summed E-state index contributed by atoms with van der Waals surface area (Å²) in [6.07, 6.45) is 1.88. The normalized spacial score (nSPS) is 15.5. The molecule has 1 fully saturated rings. The van der Waals surface area contributed by atoms with E-state index in [4.69, 9.17) is 19.9 Å². The Hall–Kier alpha value is -1.95. The Morgan fingerprint density at radius 2 is 1.64 bits per heavy atom. The Bertz CT molecular complexity index is 525. The second-order valence-corrected chi connectivity index (χ2v) is 5.38. The molecule has 1 heterocycles. The lowest BCUT2D eigenvalue weighted by molar-refractivity contribution is 0.0689. The van der Waals surface area contributed by atoms with Crippen LogP contribution >= 0.6 is 0 Å². The van der Waals surface area contributed by atoms with Gasteiger partial charge in [-0.15, -0.1) is 0 Å². The highest BCUT2D eigenvalue weighted by Gasteiger charge is 2.26. The Balaban J connectivity index is 2.25. The summed E-state index contributed by atoms with van der Waals surface area (Å²) in [5, 5.41) is 0. The molecule has 1 aliphatic rings. The van der Waals surface area contributed by atoms with Crippen molar-refractivity contribution in [1.82, 2.24) is 4.90 Å². The van der Waals surface area contributed by atoms with Gasteiger partial charge in [0.05, 0.1) is 26.9 Å². The summed E-state index contributed by atoms with van der Waals surface area (Å²) < 4.78 is 15.9. The Kier molecular flexibility index (Phi) is 5.49. The van der Waals surface area contributed by atoms with Crippen molar-refractivity contribution in [2.45, 2.75) is 12.8 Å². The van der Waals surface area contributed by atoms with E-state index in [9.17, 15) is 4.79 Å². The molecule has 0 aliphatic carbocycles. The lowest BCUT2D eigenvalue weighted by Gasteiger charge is -2.31. The van der Waals surface area contributed by atoms with Gasteiger partial charge >= 0.3 is 0 Å². The maximum absolute atomic E-state index is 12.8. The fourth-order valence-electron chi connectivity index (χ4n) is 2.74. The van der Waals surface area contributed by atoms with Gasteiger partial charge in [-0.2, -0.15) is 0 Å². The molecule has 22 heavy (non-hydrogen) atoms. The van der Waals surface area contributed by atoms with Crippen molar-refractivity contribution in [2.75, 3.05) is 41.0 Å². The predicted octanol–water partition coefficient (Wildman–Crippen LogP) is 1.52. The van der Waals surface area contributed by atoms with Crippen molar-refractivity contribution in [1.29, 1.82) is 0 Å². The van der Waals surface area contributed by atoms with Crippen molar-refractivity contribution < 1.29 is 19.0 Å². The van der Waals surface area contributed by atoms with Crippen LogP contribution in [0.2, 0.25) is 0 Å². The number of methoxy groups -OCH3 is 3. The Morgan fingerprint density at radius 3 is 2.14 bits per heavy atom. The second kappa shape index (κ2) is 7.35. The monoisotopic (exact) mass is 308 g/mol. The number of benzene rings is 1. The van der Waals surface area contributed by atoms with Gasteiger partial charge in [0, 0.05) is 25.2 Å². The van der Waals surface area contributed by atoms with Gasteiger partial charge in [0.1, 0.15) is 5.75 Å². The van der Waals surface area contributed by atoms with E-state index in [-0.39, 0.29) is 5.91 Å². The summed E-state index contributed by atoms with van der Waals surface area (Å²) in [7, 11) is 4.64. The molecule has 0 atom stereocenters. The van der Waals surface area contributed by atoms with E-state index < -0.39 is 0 Å². The van der Waals surface area contributed by atoms with Gasteiger partial charge in [0.25, 0.3) is 5.91 Å². The van der Waals surface area contributed by atoms with Crippen LogP contribution in [0.4, 0.5) is 0 Å². The van der Waals surface area contributed by atoms with E-state index in [0.717, 1.165) is 25.9 Å². The van der Waals surface area contributed by atoms with Gasteiger partial charge in [-0.25, -0.2) is 0 Å². The topological polar surface area (TPSA) is 74.0 Å².